The highest BCUT2D eigenvalue weighted by molar-refractivity contribution is 6.15. The van der Waals surface area contributed by atoms with Crippen LogP contribution < -0.4 is 9.47 Å². The van der Waals surface area contributed by atoms with Gasteiger partial charge in [-0.05, 0) is 37.1 Å². The third-order valence-electron chi connectivity index (χ3n) is 4.02. The van der Waals surface area contributed by atoms with Gasteiger partial charge < -0.3 is 9.47 Å². The van der Waals surface area contributed by atoms with Crippen molar-refractivity contribution in [2.24, 2.45) is 10.4 Å². The molecule has 1 aromatic rings. The zero-order valence-electron chi connectivity index (χ0n) is 15.5. The van der Waals surface area contributed by atoms with Gasteiger partial charge in [-0.1, -0.05) is 44.2 Å². The lowest BCUT2D eigenvalue weighted by Gasteiger charge is -2.19. The Balaban J connectivity index is 2.61. The average molecular weight is 325 g/mol. The fraction of sp³-hybridized carbons (Fsp3) is 0.381. The van der Waals surface area contributed by atoms with Crippen LogP contribution in [0.15, 0.2) is 53.1 Å². The molecular formula is C21H27NO2. The molecule has 0 spiro atoms. The zero-order chi connectivity index (χ0) is 17.7. The molecule has 2 rings (SSSR count). The largest absolute Gasteiger partial charge is 0.493 e. The smallest absolute Gasteiger partial charge is 0.161 e. The molecule has 128 valence electrons. The van der Waals surface area contributed by atoms with Gasteiger partial charge in [0.25, 0.3) is 0 Å². The number of hydrogen-bond donors (Lipinski definition) is 0. The molecule has 0 bridgehead atoms. The molecule has 0 amide bonds. The topological polar surface area (TPSA) is 30.8 Å². The van der Waals surface area contributed by atoms with Crippen LogP contribution in [0.2, 0.25) is 0 Å². The van der Waals surface area contributed by atoms with Crippen LogP contribution in [0, 0.1) is 12.3 Å². The van der Waals surface area contributed by atoms with Crippen LogP contribution in [0.4, 0.5) is 0 Å². The summed E-state index contributed by atoms with van der Waals surface area (Å²) in [4.78, 5) is 4.79. The van der Waals surface area contributed by atoms with Crippen LogP contribution in [0.5, 0.6) is 11.5 Å². The summed E-state index contributed by atoms with van der Waals surface area (Å²) in [7, 11) is 3.31. The molecule has 0 aromatic heterocycles. The fourth-order valence-corrected chi connectivity index (χ4v) is 2.83. The highest BCUT2D eigenvalue weighted by atomic mass is 16.5. The van der Waals surface area contributed by atoms with E-state index in [0.29, 0.717) is 0 Å². The highest BCUT2D eigenvalue weighted by Crippen LogP contribution is 2.33. The first-order valence-corrected chi connectivity index (χ1v) is 8.28. The molecule has 1 aliphatic rings. The van der Waals surface area contributed by atoms with Gasteiger partial charge in [0.05, 0.1) is 19.9 Å². The Bertz CT molecular complexity index is 722. The van der Waals surface area contributed by atoms with Crippen molar-refractivity contribution in [1.82, 2.24) is 0 Å². The lowest BCUT2D eigenvalue weighted by Crippen LogP contribution is -2.11. The molecule has 0 aliphatic heterocycles. The number of methoxy groups -OCH3 is 2. The molecule has 0 heterocycles. The van der Waals surface area contributed by atoms with Gasteiger partial charge in [-0.25, -0.2) is 0 Å². The van der Waals surface area contributed by atoms with Crippen LogP contribution in [-0.2, 0) is 0 Å². The monoisotopic (exact) mass is 325 g/mol. The summed E-state index contributed by atoms with van der Waals surface area (Å²) < 4.78 is 10.9. The molecule has 0 atom stereocenters. The summed E-state index contributed by atoms with van der Waals surface area (Å²) in [6.07, 6.45) is 10.7. The maximum Gasteiger partial charge on any atom is 0.161 e. The number of aliphatic imine (C=N–C) groups is 1. The minimum Gasteiger partial charge on any atom is -0.493 e. The van der Waals surface area contributed by atoms with Crippen LogP contribution in [0.3, 0.4) is 0 Å². The molecule has 1 aliphatic carbocycles. The first-order chi connectivity index (χ1) is 11.4. The normalized spacial score (nSPS) is 16.6. The number of nitrogens with zero attached hydrogens (tertiary/aromatic N) is 1. The number of allylic oxidation sites excluding steroid dienone is 6. The van der Waals surface area contributed by atoms with Crippen LogP contribution >= 0.6 is 0 Å². The van der Waals surface area contributed by atoms with Gasteiger partial charge in [-0.2, -0.15) is 0 Å². The van der Waals surface area contributed by atoms with Gasteiger partial charge in [0.1, 0.15) is 0 Å². The summed E-state index contributed by atoms with van der Waals surface area (Å²) in [6.45, 7) is 9.25. The van der Waals surface area contributed by atoms with Crippen molar-refractivity contribution < 1.29 is 9.47 Å². The molecule has 3 heteroatoms. The summed E-state index contributed by atoms with van der Waals surface area (Å²) in [5.74, 6) is 1.46. The number of hydrogen-bond acceptors (Lipinski definition) is 3. The second kappa shape index (κ2) is 7.52. The lowest BCUT2D eigenvalue weighted by molar-refractivity contribution is 0.354. The fourth-order valence-electron chi connectivity index (χ4n) is 2.83. The van der Waals surface area contributed by atoms with E-state index in [2.05, 4.69) is 58.1 Å². The average Bonchev–Trinajstić information content (AvgIpc) is 2.73. The van der Waals surface area contributed by atoms with E-state index < -0.39 is 0 Å². The molecule has 0 saturated carbocycles. The first kappa shape index (κ1) is 18.1. The predicted molar refractivity (Wildman–Crippen MR) is 102 cm³/mol. The Labute approximate surface area is 145 Å². The van der Waals surface area contributed by atoms with Gasteiger partial charge in [0.15, 0.2) is 11.5 Å². The Morgan fingerprint density at radius 1 is 1.08 bits per heavy atom. The van der Waals surface area contributed by atoms with Crippen molar-refractivity contribution in [1.29, 1.82) is 0 Å². The van der Waals surface area contributed by atoms with Crippen LogP contribution in [0.25, 0.3) is 0 Å². The second-order valence-electron chi connectivity index (χ2n) is 6.48. The molecular weight excluding hydrogens is 298 g/mol. The minimum absolute atomic E-state index is 0.0161. The maximum absolute atomic E-state index is 5.48. The van der Waals surface area contributed by atoms with Crippen molar-refractivity contribution in [2.45, 2.75) is 27.7 Å². The van der Waals surface area contributed by atoms with Gasteiger partial charge in [-0.15, -0.1) is 0 Å². The Hall–Kier alpha value is -2.29. The number of benzene rings is 1. The van der Waals surface area contributed by atoms with E-state index in [1.54, 1.807) is 14.2 Å². The predicted octanol–water partition coefficient (Wildman–Crippen LogP) is 4.90. The van der Waals surface area contributed by atoms with Crippen LogP contribution in [-0.4, -0.2) is 26.5 Å². The molecule has 0 saturated heterocycles. The van der Waals surface area contributed by atoms with E-state index in [1.165, 1.54) is 0 Å². The van der Waals surface area contributed by atoms with Gasteiger partial charge in [-0.3, -0.25) is 4.99 Å². The molecule has 0 unspecified atom stereocenters. The van der Waals surface area contributed by atoms with Crippen molar-refractivity contribution in [3.05, 3.63) is 59.2 Å². The van der Waals surface area contributed by atoms with Gasteiger partial charge in [0, 0.05) is 17.5 Å². The van der Waals surface area contributed by atoms with Crippen molar-refractivity contribution in [2.75, 3.05) is 20.8 Å². The molecule has 0 N–H and O–H groups in total. The van der Waals surface area contributed by atoms with E-state index >= 15 is 0 Å². The van der Waals surface area contributed by atoms with E-state index in [9.17, 15) is 0 Å². The van der Waals surface area contributed by atoms with Crippen molar-refractivity contribution >= 4 is 5.71 Å². The maximum atomic E-state index is 5.48. The van der Waals surface area contributed by atoms with E-state index in [0.717, 1.165) is 40.5 Å². The molecule has 1 aromatic carbocycles. The number of aryl methyl sites for hydroxylation is 1. The number of rotatable bonds is 5. The Morgan fingerprint density at radius 3 is 2.38 bits per heavy atom. The zero-order valence-corrected chi connectivity index (χ0v) is 15.5. The van der Waals surface area contributed by atoms with E-state index in [4.69, 9.17) is 14.5 Å². The number of ether oxygens (including phenoxy) is 2. The Morgan fingerprint density at radius 2 is 1.75 bits per heavy atom. The Kier molecular flexibility index (Phi) is 5.66. The standard InChI is InChI=1S/C21H27NO2/c1-7-22-20(16-10-8-9-11-21(3,4)14-16)17-13-19(24-6)18(23-5)12-15(17)2/h8-14H,7H2,1-6H3. The van der Waals surface area contributed by atoms with Crippen molar-refractivity contribution in [3.63, 3.8) is 0 Å². The molecule has 24 heavy (non-hydrogen) atoms. The third kappa shape index (κ3) is 3.97. The quantitative estimate of drug-likeness (QED) is 0.721. The molecule has 3 nitrogen and oxygen atoms in total. The molecule has 0 radical (unpaired) electrons. The summed E-state index contributed by atoms with van der Waals surface area (Å²) in [5.41, 5.74) is 4.29. The third-order valence-corrected chi connectivity index (χ3v) is 4.02. The van der Waals surface area contributed by atoms with Crippen molar-refractivity contribution in [3.8, 4) is 11.5 Å². The van der Waals surface area contributed by atoms with Gasteiger partial charge >= 0.3 is 0 Å². The highest BCUT2D eigenvalue weighted by Gasteiger charge is 2.19. The van der Waals surface area contributed by atoms with Crippen LogP contribution in [0.1, 0.15) is 31.9 Å². The van der Waals surface area contributed by atoms with Gasteiger partial charge in [0.2, 0.25) is 0 Å². The SMILES string of the molecule is CCN=C(C1=CC(C)(C)C=CC=C1)c1cc(OC)c(OC)cc1C. The van der Waals surface area contributed by atoms with E-state index in [1.807, 2.05) is 12.1 Å². The van der Waals surface area contributed by atoms with E-state index in [-0.39, 0.29) is 5.41 Å². The first-order valence-electron chi connectivity index (χ1n) is 8.28. The summed E-state index contributed by atoms with van der Waals surface area (Å²) in [6, 6.07) is 4.02. The summed E-state index contributed by atoms with van der Waals surface area (Å²) >= 11 is 0. The summed E-state index contributed by atoms with van der Waals surface area (Å²) in [5, 5.41) is 0. The lowest BCUT2D eigenvalue weighted by atomic mass is 9.88. The second-order valence-corrected chi connectivity index (χ2v) is 6.48. The minimum atomic E-state index is -0.0161. The molecule has 0 fully saturated rings.